The Morgan fingerprint density at radius 3 is 3.00 bits per heavy atom. The molecule has 0 atom stereocenters. The van der Waals surface area contributed by atoms with Crippen LogP contribution >= 0.6 is 11.3 Å². The van der Waals surface area contributed by atoms with Crippen molar-refractivity contribution in [2.45, 2.75) is 26.9 Å². The first-order chi connectivity index (χ1) is 9.78. The van der Waals surface area contributed by atoms with E-state index in [4.69, 9.17) is 0 Å². The minimum Gasteiger partial charge on any atom is -0.357 e. The lowest BCUT2D eigenvalue weighted by Crippen LogP contribution is -2.38. The highest BCUT2D eigenvalue weighted by Crippen LogP contribution is 2.11. The molecule has 0 amide bonds. The molecule has 0 bridgehead atoms. The smallest absolute Gasteiger partial charge is 0.191 e. The summed E-state index contributed by atoms with van der Waals surface area (Å²) in [5, 5.41) is 7.57. The van der Waals surface area contributed by atoms with Gasteiger partial charge in [0.25, 0.3) is 0 Å². The maximum absolute atomic E-state index is 4.53. The molecule has 0 aliphatic carbocycles. The van der Waals surface area contributed by atoms with Gasteiger partial charge in [-0.1, -0.05) is 0 Å². The van der Waals surface area contributed by atoms with Crippen molar-refractivity contribution in [3.05, 3.63) is 34.8 Å². The lowest BCUT2D eigenvalue weighted by atomic mass is 10.6. The summed E-state index contributed by atoms with van der Waals surface area (Å²) in [4.78, 5) is 14.1. The minimum absolute atomic E-state index is 0.610. The van der Waals surface area contributed by atoms with Crippen molar-refractivity contribution in [2.75, 3.05) is 13.1 Å². The van der Waals surface area contributed by atoms with Gasteiger partial charge in [0, 0.05) is 43.1 Å². The number of aromatic nitrogens is 3. The summed E-state index contributed by atoms with van der Waals surface area (Å²) in [6.07, 6.45) is 7.42. The van der Waals surface area contributed by atoms with Gasteiger partial charge in [0.05, 0.1) is 12.9 Å². The molecule has 0 aliphatic heterocycles. The van der Waals surface area contributed by atoms with E-state index in [0.29, 0.717) is 6.54 Å². The first kappa shape index (κ1) is 14.5. The predicted molar refractivity (Wildman–Crippen MR) is 81.9 cm³/mol. The standard InChI is InChI=1S/C13H20N6S/c1-3-15-13(16-5-7-19-6-4-14-10-19)18-9-12-17-8-11(2)20-12/h4,6,8,10H,3,5,7,9H2,1-2H3,(H2,15,16,18). The Balaban J connectivity index is 1.82. The number of imidazole rings is 1. The topological polar surface area (TPSA) is 67.1 Å². The fourth-order valence-corrected chi connectivity index (χ4v) is 2.40. The largest absolute Gasteiger partial charge is 0.357 e. The normalized spacial score (nSPS) is 11.6. The van der Waals surface area contributed by atoms with Crippen molar-refractivity contribution in [3.63, 3.8) is 0 Å². The van der Waals surface area contributed by atoms with E-state index in [1.807, 2.05) is 23.3 Å². The summed E-state index contributed by atoms with van der Waals surface area (Å²) in [5.41, 5.74) is 0. The molecule has 6 nitrogen and oxygen atoms in total. The SMILES string of the molecule is CCNC(=NCc1ncc(C)s1)NCCn1ccnc1. The van der Waals surface area contributed by atoms with Crippen LogP contribution in [0.4, 0.5) is 0 Å². The monoisotopic (exact) mass is 292 g/mol. The second-order valence-electron chi connectivity index (χ2n) is 4.29. The highest BCUT2D eigenvalue weighted by Gasteiger charge is 2.00. The molecule has 0 spiro atoms. The zero-order chi connectivity index (χ0) is 14.2. The van der Waals surface area contributed by atoms with Gasteiger partial charge in [-0.15, -0.1) is 11.3 Å². The van der Waals surface area contributed by atoms with Crippen LogP contribution in [0.15, 0.2) is 29.9 Å². The van der Waals surface area contributed by atoms with Crippen molar-refractivity contribution in [1.29, 1.82) is 0 Å². The van der Waals surface area contributed by atoms with E-state index in [0.717, 1.165) is 30.6 Å². The number of nitrogens with one attached hydrogen (secondary N) is 2. The van der Waals surface area contributed by atoms with Crippen LogP contribution in [0, 0.1) is 6.92 Å². The molecule has 20 heavy (non-hydrogen) atoms. The van der Waals surface area contributed by atoms with Gasteiger partial charge in [0.1, 0.15) is 5.01 Å². The van der Waals surface area contributed by atoms with Crippen LogP contribution in [0.3, 0.4) is 0 Å². The molecular weight excluding hydrogens is 272 g/mol. The summed E-state index contributed by atoms with van der Waals surface area (Å²) in [5.74, 6) is 0.820. The number of guanidine groups is 1. The van der Waals surface area contributed by atoms with Crippen LogP contribution in [0.2, 0.25) is 0 Å². The molecule has 108 valence electrons. The van der Waals surface area contributed by atoms with Gasteiger partial charge in [0.15, 0.2) is 5.96 Å². The van der Waals surface area contributed by atoms with E-state index in [-0.39, 0.29) is 0 Å². The minimum atomic E-state index is 0.610. The van der Waals surface area contributed by atoms with Crippen LogP contribution in [0.1, 0.15) is 16.8 Å². The van der Waals surface area contributed by atoms with Crippen LogP contribution in [-0.2, 0) is 13.1 Å². The number of rotatable bonds is 6. The van der Waals surface area contributed by atoms with E-state index < -0.39 is 0 Å². The summed E-state index contributed by atoms with van der Waals surface area (Å²) >= 11 is 1.68. The average molecular weight is 292 g/mol. The lowest BCUT2D eigenvalue weighted by molar-refractivity contribution is 0.662. The molecular formula is C13H20N6S. The van der Waals surface area contributed by atoms with Gasteiger partial charge in [-0.25, -0.2) is 15.0 Å². The molecule has 0 saturated carbocycles. The van der Waals surface area contributed by atoms with Crippen molar-refractivity contribution in [1.82, 2.24) is 25.2 Å². The Hall–Kier alpha value is -1.89. The molecule has 0 fully saturated rings. The maximum Gasteiger partial charge on any atom is 0.191 e. The fraction of sp³-hybridized carbons (Fsp3) is 0.462. The Labute approximate surface area is 123 Å². The number of nitrogens with zero attached hydrogens (tertiary/aromatic N) is 4. The summed E-state index contributed by atoms with van der Waals surface area (Å²) in [6, 6.07) is 0. The Bertz CT molecular complexity index is 531. The molecule has 2 aromatic heterocycles. The Morgan fingerprint density at radius 1 is 1.45 bits per heavy atom. The Morgan fingerprint density at radius 2 is 2.35 bits per heavy atom. The fourth-order valence-electron chi connectivity index (χ4n) is 1.69. The zero-order valence-electron chi connectivity index (χ0n) is 11.8. The van der Waals surface area contributed by atoms with Crippen LogP contribution < -0.4 is 10.6 Å². The molecule has 2 rings (SSSR count). The third-order valence-corrected chi connectivity index (χ3v) is 3.50. The van der Waals surface area contributed by atoms with Crippen LogP contribution in [0.25, 0.3) is 0 Å². The highest BCUT2D eigenvalue weighted by atomic mass is 32.1. The van der Waals surface area contributed by atoms with Gasteiger partial charge < -0.3 is 15.2 Å². The number of hydrogen-bond donors (Lipinski definition) is 2. The molecule has 0 aliphatic rings. The molecule has 0 radical (unpaired) electrons. The maximum atomic E-state index is 4.53. The summed E-state index contributed by atoms with van der Waals surface area (Å²) in [7, 11) is 0. The first-order valence-corrected chi connectivity index (χ1v) is 7.49. The first-order valence-electron chi connectivity index (χ1n) is 6.67. The van der Waals surface area contributed by atoms with E-state index >= 15 is 0 Å². The zero-order valence-corrected chi connectivity index (χ0v) is 12.7. The number of aryl methyl sites for hydroxylation is 1. The molecule has 2 N–H and O–H groups in total. The van der Waals surface area contributed by atoms with Gasteiger partial charge in [-0.3, -0.25) is 0 Å². The van der Waals surface area contributed by atoms with E-state index in [1.54, 1.807) is 17.5 Å². The van der Waals surface area contributed by atoms with Crippen molar-refractivity contribution >= 4 is 17.3 Å². The third kappa shape index (κ3) is 4.65. The number of aliphatic imine (C=N–C) groups is 1. The molecule has 0 unspecified atom stereocenters. The van der Waals surface area contributed by atoms with Crippen molar-refractivity contribution in [3.8, 4) is 0 Å². The molecule has 2 aromatic rings. The summed E-state index contributed by atoms with van der Waals surface area (Å²) in [6.45, 7) is 7.23. The molecule has 7 heteroatoms. The van der Waals surface area contributed by atoms with E-state index in [1.165, 1.54) is 4.88 Å². The van der Waals surface area contributed by atoms with Crippen LogP contribution in [-0.4, -0.2) is 33.6 Å². The van der Waals surface area contributed by atoms with Crippen LogP contribution in [0.5, 0.6) is 0 Å². The average Bonchev–Trinajstić information content (AvgIpc) is 3.07. The number of thiazole rings is 1. The van der Waals surface area contributed by atoms with Gasteiger partial charge in [-0.05, 0) is 13.8 Å². The predicted octanol–water partition coefficient (Wildman–Crippen LogP) is 1.40. The molecule has 0 aromatic carbocycles. The van der Waals surface area contributed by atoms with E-state index in [9.17, 15) is 0 Å². The summed E-state index contributed by atoms with van der Waals surface area (Å²) < 4.78 is 2.03. The third-order valence-electron chi connectivity index (χ3n) is 2.61. The lowest BCUT2D eigenvalue weighted by Gasteiger charge is -2.11. The van der Waals surface area contributed by atoms with Crippen molar-refractivity contribution in [2.24, 2.45) is 4.99 Å². The van der Waals surface area contributed by atoms with Crippen molar-refractivity contribution < 1.29 is 0 Å². The highest BCUT2D eigenvalue weighted by molar-refractivity contribution is 7.11. The second kappa shape index (κ2) is 7.64. The second-order valence-corrected chi connectivity index (χ2v) is 5.61. The number of hydrogen-bond acceptors (Lipinski definition) is 4. The molecule has 0 saturated heterocycles. The van der Waals surface area contributed by atoms with E-state index in [2.05, 4.69) is 39.4 Å². The van der Waals surface area contributed by atoms with Gasteiger partial charge >= 0.3 is 0 Å². The van der Waals surface area contributed by atoms with Gasteiger partial charge in [-0.2, -0.15) is 0 Å². The Kier molecular flexibility index (Phi) is 5.55. The quantitative estimate of drug-likeness (QED) is 0.624. The van der Waals surface area contributed by atoms with Gasteiger partial charge in [0.2, 0.25) is 0 Å². The molecule has 2 heterocycles.